The van der Waals surface area contributed by atoms with E-state index in [2.05, 4.69) is 5.32 Å². The molecule has 0 saturated heterocycles. The zero-order chi connectivity index (χ0) is 27.2. The Bertz CT molecular complexity index is 1370. The Hall–Kier alpha value is -3.14. The van der Waals surface area contributed by atoms with E-state index < -0.39 is 40.2 Å². The van der Waals surface area contributed by atoms with Gasteiger partial charge in [-0.05, 0) is 48.4 Å². The summed E-state index contributed by atoms with van der Waals surface area (Å²) in [5, 5.41) is 3.20. The van der Waals surface area contributed by atoms with Crippen LogP contribution in [0, 0.1) is 5.82 Å². The lowest BCUT2D eigenvalue weighted by Gasteiger charge is -2.33. The number of halogens is 3. The summed E-state index contributed by atoms with van der Waals surface area (Å²) in [6, 6.07) is 16.5. The average Bonchev–Trinajstić information content (AvgIpc) is 2.89. The number of benzene rings is 3. The molecule has 0 aliphatic heterocycles. The summed E-state index contributed by atoms with van der Waals surface area (Å²) < 4.78 is 42.8. The predicted octanol–water partition coefficient (Wildman–Crippen LogP) is 4.88. The standard InChI is InChI=1S/C26H26Cl2FN3O4S/c1-3-23(26(34)30-2)31(16-18-13-14-19(27)15-21(18)28)25(33)17-32(24-12-8-7-11-22(24)29)37(35,36)20-9-5-4-6-10-20/h4-15,23H,3,16-17H2,1-2H3,(H,30,34). The van der Waals surface area contributed by atoms with Crippen molar-refractivity contribution >= 4 is 50.7 Å². The maximum atomic E-state index is 14.9. The Morgan fingerprint density at radius 2 is 1.65 bits per heavy atom. The average molecular weight is 566 g/mol. The Morgan fingerprint density at radius 1 is 1.00 bits per heavy atom. The van der Waals surface area contributed by atoms with Crippen LogP contribution in [0.4, 0.5) is 10.1 Å². The van der Waals surface area contributed by atoms with Crippen molar-refractivity contribution in [3.63, 3.8) is 0 Å². The molecule has 7 nitrogen and oxygen atoms in total. The fraction of sp³-hybridized carbons (Fsp3) is 0.231. The molecule has 1 atom stereocenters. The number of nitrogens with one attached hydrogen (secondary N) is 1. The minimum absolute atomic E-state index is 0.0999. The number of amides is 2. The highest BCUT2D eigenvalue weighted by atomic mass is 35.5. The SMILES string of the molecule is CCC(C(=O)NC)N(Cc1ccc(Cl)cc1Cl)C(=O)CN(c1ccccc1F)S(=O)(=O)c1ccccc1. The molecular formula is C26H26Cl2FN3O4S. The quantitative estimate of drug-likeness (QED) is 0.379. The lowest BCUT2D eigenvalue weighted by Crippen LogP contribution is -2.51. The van der Waals surface area contributed by atoms with Gasteiger partial charge in [0, 0.05) is 23.6 Å². The van der Waals surface area contributed by atoms with Crippen LogP contribution in [0.5, 0.6) is 0 Å². The number of nitrogens with zero attached hydrogens (tertiary/aromatic N) is 2. The molecule has 0 aliphatic carbocycles. The number of carbonyl (C=O) groups is 2. The van der Waals surface area contributed by atoms with Crippen LogP contribution < -0.4 is 9.62 Å². The number of sulfonamides is 1. The Kier molecular flexibility index (Phi) is 9.53. The zero-order valence-corrected chi connectivity index (χ0v) is 22.5. The van der Waals surface area contributed by atoms with Gasteiger partial charge in [-0.3, -0.25) is 13.9 Å². The highest BCUT2D eigenvalue weighted by Gasteiger charge is 2.34. The van der Waals surface area contributed by atoms with E-state index >= 15 is 0 Å². The second-order valence-corrected chi connectivity index (χ2v) is 10.8. The van der Waals surface area contributed by atoms with Gasteiger partial charge in [-0.25, -0.2) is 12.8 Å². The largest absolute Gasteiger partial charge is 0.357 e. The van der Waals surface area contributed by atoms with Crippen LogP contribution in [0.25, 0.3) is 0 Å². The molecule has 0 heterocycles. The van der Waals surface area contributed by atoms with Crippen molar-refractivity contribution < 1.29 is 22.4 Å². The Morgan fingerprint density at radius 3 is 2.24 bits per heavy atom. The number of anilines is 1. The number of para-hydroxylation sites is 1. The maximum absolute atomic E-state index is 14.9. The second-order valence-electron chi connectivity index (χ2n) is 8.07. The van der Waals surface area contributed by atoms with Gasteiger partial charge in [-0.1, -0.05) is 66.5 Å². The Labute approximate surface area is 225 Å². The van der Waals surface area contributed by atoms with Crippen LogP contribution in [-0.2, 0) is 26.2 Å². The molecule has 0 fully saturated rings. The first kappa shape index (κ1) is 28.4. The lowest BCUT2D eigenvalue weighted by molar-refractivity contribution is -0.140. The number of hydrogen-bond acceptors (Lipinski definition) is 4. The van der Waals surface area contributed by atoms with Crippen molar-refractivity contribution in [3.8, 4) is 0 Å². The van der Waals surface area contributed by atoms with Gasteiger partial charge < -0.3 is 10.2 Å². The van der Waals surface area contributed by atoms with E-state index in [1.54, 1.807) is 25.1 Å². The summed E-state index contributed by atoms with van der Waals surface area (Å²) in [6.45, 7) is 0.868. The third kappa shape index (κ3) is 6.60. The number of rotatable bonds is 10. The second kappa shape index (κ2) is 12.4. The molecule has 1 N–H and O–H groups in total. The van der Waals surface area contributed by atoms with Crippen molar-refractivity contribution in [1.29, 1.82) is 0 Å². The van der Waals surface area contributed by atoms with Crippen LogP contribution in [0.3, 0.4) is 0 Å². The summed E-state index contributed by atoms with van der Waals surface area (Å²) in [5.41, 5.74) is 0.210. The Balaban J connectivity index is 2.08. The first-order chi connectivity index (χ1) is 17.6. The van der Waals surface area contributed by atoms with Gasteiger partial charge in [-0.2, -0.15) is 0 Å². The van der Waals surface area contributed by atoms with Crippen molar-refractivity contribution in [2.24, 2.45) is 0 Å². The first-order valence-electron chi connectivity index (χ1n) is 11.4. The van der Waals surface area contributed by atoms with Gasteiger partial charge in [0.1, 0.15) is 18.4 Å². The van der Waals surface area contributed by atoms with E-state index in [0.717, 1.165) is 6.07 Å². The molecule has 3 aromatic rings. The predicted molar refractivity (Wildman–Crippen MR) is 143 cm³/mol. The van der Waals surface area contributed by atoms with Gasteiger partial charge in [0.05, 0.1) is 10.6 Å². The molecule has 0 spiro atoms. The topological polar surface area (TPSA) is 86.8 Å². The van der Waals surface area contributed by atoms with E-state index in [1.165, 1.54) is 60.5 Å². The van der Waals surface area contributed by atoms with Crippen LogP contribution in [-0.4, -0.2) is 44.8 Å². The van der Waals surface area contributed by atoms with Crippen LogP contribution in [0.15, 0.2) is 77.7 Å². The first-order valence-corrected chi connectivity index (χ1v) is 13.6. The minimum atomic E-state index is -4.35. The van der Waals surface area contributed by atoms with E-state index in [9.17, 15) is 22.4 Å². The van der Waals surface area contributed by atoms with Crippen LogP contribution >= 0.6 is 23.2 Å². The van der Waals surface area contributed by atoms with E-state index in [1.807, 2.05) is 0 Å². The fourth-order valence-corrected chi connectivity index (χ4v) is 5.72. The normalized spacial score (nSPS) is 12.0. The van der Waals surface area contributed by atoms with Gasteiger partial charge in [0.2, 0.25) is 11.8 Å². The van der Waals surface area contributed by atoms with Gasteiger partial charge in [-0.15, -0.1) is 0 Å². The van der Waals surface area contributed by atoms with Gasteiger partial charge in [0.15, 0.2) is 0 Å². The van der Waals surface area contributed by atoms with Crippen LogP contribution in [0.1, 0.15) is 18.9 Å². The van der Waals surface area contributed by atoms with Crippen molar-refractivity contribution in [1.82, 2.24) is 10.2 Å². The van der Waals surface area contributed by atoms with E-state index in [4.69, 9.17) is 23.2 Å². The third-order valence-electron chi connectivity index (χ3n) is 5.72. The summed E-state index contributed by atoms with van der Waals surface area (Å²) >= 11 is 12.3. The summed E-state index contributed by atoms with van der Waals surface area (Å²) in [7, 11) is -2.91. The van der Waals surface area contributed by atoms with Crippen molar-refractivity contribution in [3.05, 3.63) is 94.2 Å². The molecule has 1 unspecified atom stereocenters. The molecule has 37 heavy (non-hydrogen) atoms. The number of likely N-dealkylation sites (N-methyl/N-ethyl adjacent to an activating group) is 1. The molecule has 0 bridgehead atoms. The number of hydrogen-bond donors (Lipinski definition) is 1. The number of carbonyl (C=O) groups excluding carboxylic acids is 2. The molecular weight excluding hydrogens is 540 g/mol. The van der Waals surface area contributed by atoms with Crippen molar-refractivity contribution in [2.45, 2.75) is 30.8 Å². The molecule has 0 aliphatic rings. The monoisotopic (exact) mass is 565 g/mol. The molecule has 2 amide bonds. The third-order valence-corrected chi connectivity index (χ3v) is 8.08. The van der Waals surface area contributed by atoms with E-state index in [0.29, 0.717) is 14.9 Å². The summed E-state index contributed by atoms with van der Waals surface area (Å²) in [4.78, 5) is 27.6. The molecule has 3 aromatic carbocycles. The van der Waals surface area contributed by atoms with Crippen molar-refractivity contribution in [2.75, 3.05) is 17.9 Å². The highest BCUT2D eigenvalue weighted by Crippen LogP contribution is 2.28. The fourth-order valence-electron chi connectivity index (χ4n) is 3.81. The molecule has 0 saturated carbocycles. The minimum Gasteiger partial charge on any atom is -0.357 e. The smallest absolute Gasteiger partial charge is 0.264 e. The summed E-state index contributed by atoms with van der Waals surface area (Å²) in [5.74, 6) is -1.98. The molecule has 3 rings (SSSR count). The zero-order valence-electron chi connectivity index (χ0n) is 20.2. The van der Waals surface area contributed by atoms with Crippen LogP contribution in [0.2, 0.25) is 10.0 Å². The maximum Gasteiger partial charge on any atom is 0.264 e. The summed E-state index contributed by atoms with van der Waals surface area (Å²) in [6.07, 6.45) is 0.238. The molecule has 196 valence electrons. The van der Waals surface area contributed by atoms with Gasteiger partial charge in [0.25, 0.3) is 10.0 Å². The van der Waals surface area contributed by atoms with E-state index in [-0.39, 0.29) is 28.6 Å². The highest BCUT2D eigenvalue weighted by molar-refractivity contribution is 7.92. The lowest BCUT2D eigenvalue weighted by atomic mass is 10.1. The molecule has 0 aromatic heterocycles. The molecule has 0 radical (unpaired) electrons. The van der Waals surface area contributed by atoms with Gasteiger partial charge >= 0.3 is 0 Å². The molecule has 11 heteroatoms.